The van der Waals surface area contributed by atoms with Gasteiger partial charge >= 0.3 is 0 Å². The minimum absolute atomic E-state index is 0.288. The van der Waals surface area contributed by atoms with E-state index < -0.39 is 6.10 Å². The molecule has 0 heterocycles. The molecule has 0 saturated heterocycles. The number of hydrogen-bond acceptors (Lipinski definition) is 2. The second kappa shape index (κ2) is 4.10. The van der Waals surface area contributed by atoms with E-state index in [1.54, 1.807) is 18.2 Å². The number of aliphatic hydroxyl groups excluding tert-OH is 1. The molecule has 62 valence electrons. The van der Waals surface area contributed by atoms with Gasteiger partial charge in [-0.3, -0.25) is 0 Å². The fourth-order valence-electron chi connectivity index (χ4n) is 0.918. The van der Waals surface area contributed by atoms with Crippen molar-refractivity contribution in [3.63, 3.8) is 0 Å². The van der Waals surface area contributed by atoms with Crippen LogP contribution in [-0.2, 0) is 6.42 Å². The van der Waals surface area contributed by atoms with Crippen molar-refractivity contribution in [1.82, 2.24) is 0 Å². The van der Waals surface area contributed by atoms with Gasteiger partial charge in [0.15, 0.2) is 0 Å². The quantitative estimate of drug-likeness (QED) is 0.707. The number of nitrogens with zero attached hydrogens (tertiary/aromatic N) is 1. The van der Waals surface area contributed by atoms with Crippen molar-refractivity contribution in [3.8, 4) is 6.07 Å². The predicted octanol–water partition coefficient (Wildman–Crippen LogP) is 1.77. The largest absolute Gasteiger partial charge is 0.378 e. The van der Waals surface area contributed by atoms with Crippen molar-refractivity contribution in [1.29, 1.82) is 5.26 Å². The van der Waals surface area contributed by atoms with Crippen LogP contribution in [-0.4, -0.2) is 11.2 Å². The lowest BCUT2D eigenvalue weighted by molar-refractivity contribution is 0.231. The summed E-state index contributed by atoms with van der Waals surface area (Å²) < 4.78 is 0. The lowest BCUT2D eigenvalue weighted by Crippen LogP contribution is -2.06. The van der Waals surface area contributed by atoms with Gasteiger partial charge in [0.2, 0.25) is 0 Å². The van der Waals surface area contributed by atoms with Gasteiger partial charge in [-0.2, -0.15) is 5.26 Å². The molecule has 0 fully saturated rings. The van der Waals surface area contributed by atoms with Gasteiger partial charge in [0.05, 0.1) is 6.07 Å². The SMILES string of the molecule is N#CC(O)Cc1ccccc1Cl. The lowest BCUT2D eigenvalue weighted by atomic mass is 10.1. The highest BCUT2D eigenvalue weighted by molar-refractivity contribution is 6.31. The van der Waals surface area contributed by atoms with Gasteiger partial charge in [-0.15, -0.1) is 0 Å². The van der Waals surface area contributed by atoms with E-state index in [1.807, 2.05) is 12.1 Å². The van der Waals surface area contributed by atoms with Gasteiger partial charge in [0.25, 0.3) is 0 Å². The van der Waals surface area contributed by atoms with Crippen LogP contribution in [0.3, 0.4) is 0 Å². The third kappa shape index (κ3) is 2.23. The molecule has 0 aromatic heterocycles. The van der Waals surface area contributed by atoms with E-state index in [2.05, 4.69) is 0 Å². The summed E-state index contributed by atoms with van der Waals surface area (Å²) in [6, 6.07) is 8.90. The van der Waals surface area contributed by atoms with Crippen LogP contribution in [0.1, 0.15) is 5.56 Å². The lowest BCUT2D eigenvalue weighted by Gasteiger charge is -2.03. The summed E-state index contributed by atoms with van der Waals surface area (Å²) in [5.74, 6) is 0. The highest BCUT2D eigenvalue weighted by Crippen LogP contribution is 2.16. The first-order valence-corrected chi connectivity index (χ1v) is 3.93. The first-order valence-electron chi connectivity index (χ1n) is 3.55. The first-order chi connectivity index (χ1) is 5.74. The molecular formula is C9H8ClNO. The fourth-order valence-corrected chi connectivity index (χ4v) is 1.13. The Hall–Kier alpha value is -1.04. The summed E-state index contributed by atoms with van der Waals surface area (Å²) in [7, 11) is 0. The minimum Gasteiger partial charge on any atom is -0.378 e. The summed E-state index contributed by atoms with van der Waals surface area (Å²) in [5.41, 5.74) is 0.799. The van der Waals surface area contributed by atoms with E-state index in [9.17, 15) is 0 Å². The average Bonchev–Trinajstić information content (AvgIpc) is 2.09. The normalized spacial score (nSPS) is 12.1. The third-order valence-corrected chi connectivity index (χ3v) is 1.89. The first kappa shape index (κ1) is 9.05. The molecule has 1 aromatic carbocycles. The fraction of sp³-hybridized carbons (Fsp3) is 0.222. The van der Waals surface area contributed by atoms with E-state index >= 15 is 0 Å². The van der Waals surface area contributed by atoms with Gasteiger partial charge in [-0.1, -0.05) is 29.8 Å². The summed E-state index contributed by atoms with van der Waals surface area (Å²) in [6.07, 6.45) is -0.680. The molecule has 0 spiro atoms. The minimum atomic E-state index is -0.968. The van der Waals surface area contributed by atoms with E-state index in [4.69, 9.17) is 22.0 Å². The van der Waals surface area contributed by atoms with Crippen LogP contribution in [0.15, 0.2) is 24.3 Å². The van der Waals surface area contributed by atoms with Crippen molar-refractivity contribution in [2.24, 2.45) is 0 Å². The zero-order valence-electron chi connectivity index (χ0n) is 6.37. The second-order valence-electron chi connectivity index (χ2n) is 2.44. The Kier molecular flexibility index (Phi) is 3.09. The molecule has 2 nitrogen and oxygen atoms in total. The maximum absolute atomic E-state index is 9.02. The summed E-state index contributed by atoms with van der Waals surface area (Å²) >= 11 is 5.80. The highest BCUT2D eigenvalue weighted by atomic mass is 35.5. The van der Waals surface area contributed by atoms with E-state index in [0.29, 0.717) is 5.02 Å². The Balaban J connectivity index is 2.77. The van der Waals surface area contributed by atoms with Crippen LogP contribution < -0.4 is 0 Å². The average molecular weight is 182 g/mol. The molecule has 0 aliphatic rings. The number of nitriles is 1. The van der Waals surface area contributed by atoms with Gasteiger partial charge in [-0.25, -0.2) is 0 Å². The smallest absolute Gasteiger partial charge is 0.144 e. The Morgan fingerprint density at radius 3 is 2.75 bits per heavy atom. The van der Waals surface area contributed by atoms with Crippen molar-refractivity contribution >= 4 is 11.6 Å². The van der Waals surface area contributed by atoms with Crippen LogP contribution in [0.4, 0.5) is 0 Å². The Bertz CT molecular complexity index is 306. The Labute approximate surface area is 76.0 Å². The summed E-state index contributed by atoms with van der Waals surface area (Å²) in [4.78, 5) is 0. The number of rotatable bonds is 2. The number of aliphatic hydroxyl groups is 1. The van der Waals surface area contributed by atoms with Crippen LogP contribution in [0.5, 0.6) is 0 Å². The van der Waals surface area contributed by atoms with Gasteiger partial charge in [0, 0.05) is 11.4 Å². The molecule has 1 N–H and O–H groups in total. The monoisotopic (exact) mass is 181 g/mol. The maximum Gasteiger partial charge on any atom is 0.144 e. The van der Waals surface area contributed by atoms with Crippen molar-refractivity contribution in [2.45, 2.75) is 12.5 Å². The molecule has 1 rings (SSSR count). The van der Waals surface area contributed by atoms with Gasteiger partial charge in [0.1, 0.15) is 6.10 Å². The zero-order chi connectivity index (χ0) is 8.97. The molecule has 1 atom stereocenters. The summed E-state index contributed by atoms with van der Waals surface area (Å²) in [5, 5.41) is 17.9. The highest BCUT2D eigenvalue weighted by Gasteiger charge is 2.05. The van der Waals surface area contributed by atoms with Crippen molar-refractivity contribution < 1.29 is 5.11 Å². The molecule has 0 aliphatic heterocycles. The topological polar surface area (TPSA) is 44.0 Å². The number of halogens is 1. The van der Waals surface area contributed by atoms with E-state index in [1.165, 1.54) is 0 Å². The molecule has 0 radical (unpaired) electrons. The van der Waals surface area contributed by atoms with Crippen LogP contribution in [0, 0.1) is 11.3 Å². The molecule has 1 unspecified atom stereocenters. The molecule has 0 bridgehead atoms. The van der Waals surface area contributed by atoms with E-state index in [-0.39, 0.29) is 6.42 Å². The molecular weight excluding hydrogens is 174 g/mol. The number of benzene rings is 1. The van der Waals surface area contributed by atoms with Crippen LogP contribution >= 0.6 is 11.6 Å². The van der Waals surface area contributed by atoms with Crippen LogP contribution in [0.2, 0.25) is 5.02 Å². The zero-order valence-corrected chi connectivity index (χ0v) is 7.12. The summed E-state index contributed by atoms with van der Waals surface area (Å²) in [6.45, 7) is 0. The van der Waals surface area contributed by atoms with Crippen molar-refractivity contribution in [3.05, 3.63) is 34.9 Å². The molecule has 0 amide bonds. The van der Waals surface area contributed by atoms with Crippen molar-refractivity contribution in [2.75, 3.05) is 0 Å². The van der Waals surface area contributed by atoms with E-state index in [0.717, 1.165) is 5.56 Å². The van der Waals surface area contributed by atoms with Gasteiger partial charge in [-0.05, 0) is 11.6 Å². The van der Waals surface area contributed by atoms with Crippen LogP contribution in [0.25, 0.3) is 0 Å². The number of hydrogen-bond donors (Lipinski definition) is 1. The third-order valence-electron chi connectivity index (χ3n) is 1.52. The van der Waals surface area contributed by atoms with Gasteiger partial charge < -0.3 is 5.11 Å². The molecule has 1 aromatic rings. The molecule has 0 saturated carbocycles. The second-order valence-corrected chi connectivity index (χ2v) is 2.85. The molecule has 0 aliphatic carbocycles. The molecule has 3 heteroatoms. The maximum atomic E-state index is 9.02. The Morgan fingerprint density at radius 2 is 2.17 bits per heavy atom. The predicted molar refractivity (Wildman–Crippen MR) is 46.8 cm³/mol. The molecule has 12 heavy (non-hydrogen) atoms. The standard InChI is InChI=1S/C9H8ClNO/c10-9-4-2-1-3-7(9)5-8(12)6-11/h1-4,8,12H,5H2. The Morgan fingerprint density at radius 1 is 1.50 bits per heavy atom.